The number of carbonyl (C=O) groups excluding carboxylic acids is 1. The van der Waals surface area contributed by atoms with Crippen LogP contribution in [-0.4, -0.2) is 22.1 Å². The van der Waals surface area contributed by atoms with E-state index in [0.29, 0.717) is 5.82 Å². The first-order valence-corrected chi connectivity index (χ1v) is 6.31. The van der Waals surface area contributed by atoms with Crippen molar-refractivity contribution in [1.29, 1.82) is 0 Å². The quantitative estimate of drug-likeness (QED) is 0.742. The number of anilines is 1. The van der Waals surface area contributed by atoms with Gasteiger partial charge < -0.3 is 11.1 Å². The Balaban J connectivity index is 1.95. The summed E-state index contributed by atoms with van der Waals surface area (Å²) in [6.45, 7) is 2.04. The molecule has 0 saturated heterocycles. The second-order valence-electron chi connectivity index (χ2n) is 4.68. The lowest BCUT2D eigenvalue weighted by molar-refractivity contribution is -0.121. The number of aryl methyl sites for hydroxylation is 1. The largest absolute Gasteiger partial charge is 0.327 e. The summed E-state index contributed by atoms with van der Waals surface area (Å²) < 4.78 is 0. The second kappa shape index (κ2) is 5.31. The van der Waals surface area contributed by atoms with E-state index >= 15 is 0 Å². The van der Waals surface area contributed by atoms with E-state index in [0.717, 1.165) is 37.8 Å². The van der Waals surface area contributed by atoms with Crippen LogP contribution >= 0.6 is 0 Å². The molecule has 1 aliphatic carbocycles. The lowest BCUT2D eigenvalue weighted by atomic mass is 9.84. The van der Waals surface area contributed by atoms with Crippen LogP contribution in [0.5, 0.6) is 0 Å². The Morgan fingerprint density at radius 1 is 1.59 bits per heavy atom. The number of H-pyrrole nitrogens is 1. The van der Waals surface area contributed by atoms with E-state index in [1.54, 1.807) is 0 Å². The second-order valence-corrected chi connectivity index (χ2v) is 4.68. The SMILES string of the molecule is CCc1cc(NC(=O)C2CCCCC2N)n[nH]1. The van der Waals surface area contributed by atoms with Gasteiger partial charge in [-0.1, -0.05) is 19.8 Å². The van der Waals surface area contributed by atoms with Gasteiger partial charge in [0.15, 0.2) is 5.82 Å². The summed E-state index contributed by atoms with van der Waals surface area (Å²) in [4.78, 5) is 12.0. The highest BCUT2D eigenvalue weighted by molar-refractivity contribution is 5.92. The zero-order valence-corrected chi connectivity index (χ0v) is 10.2. The molecule has 1 aromatic heterocycles. The van der Waals surface area contributed by atoms with Gasteiger partial charge in [-0.25, -0.2) is 0 Å². The van der Waals surface area contributed by atoms with Crippen molar-refractivity contribution in [3.63, 3.8) is 0 Å². The molecule has 0 radical (unpaired) electrons. The van der Waals surface area contributed by atoms with Gasteiger partial charge in [-0.15, -0.1) is 0 Å². The molecule has 0 aromatic carbocycles. The molecule has 0 aliphatic heterocycles. The van der Waals surface area contributed by atoms with Crippen molar-refractivity contribution < 1.29 is 4.79 Å². The van der Waals surface area contributed by atoms with Crippen LogP contribution in [0.3, 0.4) is 0 Å². The lowest BCUT2D eigenvalue weighted by Crippen LogP contribution is -2.40. The third kappa shape index (κ3) is 2.85. The van der Waals surface area contributed by atoms with Crippen LogP contribution in [0.15, 0.2) is 6.07 Å². The summed E-state index contributed by atoms with van der Waals surface area (Å²) in [5.74, 6) is 0.543. The molecule has 4 N–H and O–H groups in total. The molecule has 1 amide bonds. The number of nitrogens with one attached hydrogen (secondary N) is 2. The predicted octanol–water partition coefficient (Wildman–Crippen LogP) is 1.43. The smallest absolute Gasteiger partial charge is 0.230 e. The molecule has 17 heavy (non-hydrogen) atoms. The number of rotatable bonds is 3. The molecule has 1 heterocycles. The topological polar surface area (TPSA) is 83.8 Å². The third-order valence-corrected chi connectivity index (χ3v) is 3.42. The fourth-order valence-electron chi connectivity index (χ4n) is 2.31. The van der Waals surface area contributed by atoms with E-state index in [4.69, 9.17) is 5.73 Å². The highest BCUT2D eigenvalue weighted by atomic mass is 16.2. The Morgan fingerprint density at radius 3 is 3.00 bits per heavy atom. The molecule has 94 valence electrons. The van der Waals surface area contributed by atoms with Gasteiger partial charge in [-0.2, -0.15) is 5.10 Å². The highest BCUT2D eigenvalue weighted by Crippen LogP contribution is 2.24. The average molecular weight is 236 g/mol. The molecule has 2 unspecified atom stereocenters. The zero-order valence-electron chi connectivity index (χ0n) is 10.2. The average Bonchev–Trinajstić information content (AvgIpc) is 2.77. The lowest BCUT2D eigenvalue weighted by Gasteiger charge is -2.26. The van der Waals surface area contributed by atoms with Crippen molar-refractivity contribution in [3.8, 4) is 0 Å². The Bertz CT molecular complexity index is 388. The fourth-order valence-corrected chi connectivity index (χ4v) is 2.31. The number of hydrogen-bond donors (Lipinski definition) is 3. The van der Waals surface area contributed by atoms with Gasteiger partial charge >= 0.3 is 0 Å². The summed E-state index contributed by atoms with van der Waals surface area (Å²) in [6, 6.07) is 1.86. The van der Waals surface area contributed by atoms with E-state index in [2.05, 4.69) is 15.5 Å². The molecule has 0 bridgehead atoms. The first-order chi connectivity index (χ1) is 8.20. The van der Waals surface area contributed by atoms with Crippen molar-refractivity contribution in [3.05, 3.63) is 11.8 Å². The molecule has 0 spiro atoms. The summed E-state index contributed by atoms with van der Waals surface area (Å²) in [5, 5.41) is 9.76. The van der Waals surface area contributed by atoms with Gasteiger partial charge in [0, 0.05) is 17.8 Å². The number of aromatic amines is 1. The molecule has 5 heteroatoms. The van der Waals surface area contributed by atoms with Crippen LogP contribution in [0.25, 0.3) is 0 Å². The predicted molar refractivity (Wildman–Crippen MR) is 66.5 cm³/mol. The van der Waals surface area contributed by atoms with Gasteiger partial charge in [-0.05, 0) is 19.3 Å². The minimum Gasteiger partial charge on any atom is -0.327 e. The Labute approximate surface area is 101 Å². The van der Waals surface area contributed by atoms with E-state index < -0.39 is 0 Å². The standard InChI is InChI=1S/C12H20N4O/c1-2-8-7-11(16-15-8)14-12(17)9-5-3-4-6-10(9)13/h7,9-10H,2-6,13H2,1H3,(H2,14,15,16,17). The van der Waals surface area contributed by atoms with E-state index in [1.807, 2.05) is 13.0 Å². The molecule has 1 aliphatic rings. The van der Waals surface area contributed by atoms with Gasteiger partial charge in [0.2, 0.25) is 5.91 Å². The van der Waals surface area contributed by atoms with Crippen LogP contribution < -0.4 is 11.1 Å². The minimum absolute atomic E-state index is 0.00588. The maximum Gasteiger partial charge on any atom is 0.230 e. The van der Waals surface area contributed by atoms with Gasteiger partial charge in [0.1, 0.15) is 0 Å². The van der Waals surface area contributed by atoms with Crippen LogP contribution in [0.2, 0.25) is 0 Å². The van der Waals surface area contributed by atoms with Crippen LogP contribution in [-0.2, 0) is 11.2 Å². The summed E-state index contributed by atoms with van der Waals surface area (Å²) >= 11 is 0. The summed E-state index contributed by atoms with van der Waals surface area (Å²) in [7, 11) is 0. The maximum absolute atomic E-state index is 12.0. The van der Waals surface area contributed by atoms with Crippen molar-refractivity contribution in [1.82, 2.24) is 10.2 Å². The zero-order chi connectivity index (χ0) is 12.3. The molecule has 1 aromatic rings. The first-order valence-electron chi connectivity index (χ1n) is 6.31. The minimum atomic E-state index is -0.0643. The fraction of sp³-hybridized carbons (Fsp3) is 0.667. The Morgan fingerprint density at radius 2 is 2.35 bits per heavy atom. The van der Waals surface area contributed by atoms with Crippen LogP contribution in [0, 0.1) is 5.92 Å². The molecular weight excluding hydrogens is 216 g/mol. The summed E-state index contributed by atoms with van der Waals surface area (Å²) in [6.07, 6.45) is 4.93. The first kappa shape index (κ1) is 12.1. The highest BCUT2D eigenvalue weighted by Gasteiger charge is 2.28. The van der Waals surface area contributed by atoms with Gasteiger partial charge in [0.25, 0.3) is 0 Å². The number of aromatic nitrogens is 2. The summed E-state index contributed by atoms with van der Waals surface area (Å²) in [5.41, 5.74) is 7.00. The van der Waals surface area contributed by atoms with E-state index in [1.165, 1.54) is 0 Å². The van der Waals surface area contributed by atoms with Crippen molar-refractivity contribution in [2.75, 3.05) is 5.32 Å². The monoisotopic (exact) mass is 236 g/mol. The molecule has 2 rings (SSSR count). The van der Waals surface area contributed by atoms with Crippen molar-refractivity contribution >= 4 is 11.7 Å². The number of hydrogen-bond acceptors (Lipinski definition) is 3. The van der Waals surface area contributed by atoms with Gasteiger partial charge in [0.05, 0.1) is 5.92 Å². The maximum atomic E-state index is 12.0. The Kier molecular flexibility index (Phi) is 3.78. The van der Waals surface area contributed by atoms with E-state index in [-0.39, 0.29) is 17.9 Å². The van der Waals surface area contributed by atoms with Crippen LogP contribution in [0.1, 0.15) is 38.3 Å². The van der Waals surface area contributed by atoms with E-state index in [9.17, 15) is 4.79 Å². The number of amides is 1. The third-order valence-electron chi connectivity index (χ3n) is 3.42. The van der Waals surface area contributed by atoms with Crippen molar-refractivity contribution in [2.45, 2.75) is 45.1 Å². The Hall–Kier alpha value is -1.36. The van der Waals surface area contributed by atoms with Crippen molar-refractivity contribution in [2.24, 2.45) is 11.7 Å². The normalized spacial score (nSPS) is 24.6. The number of nitrogens with two attached hydrogens (primary N) is 1. The number of carbonyl (C=O) groups is 1. The molecule has 5 nitrogen and oxygen atoms in total. The van der Waals surface area contributed by atoms with Crippen LogP contribution in [0.4, 0.5) is 5.82 Å². The number of nitrogens with zero attached hydrogens (tertiary/aromatic N) is 1. The molecule has 1 saturated carbocycles. The molecule has 1 fully saturated rings. The molecule has 2 atom stereocenters. The van der Waals surface area contributed by atoms with Gasteiger partial charge in [-0.3, -0.25) is 9.89 Å². The molecular formula is C12H20N4O.